The van der Waals surface area contributed by atoms with Crippen molar-refractivity contribution in [3.05, 3.63) is 0 Å². The van der Waals surface area contributed by atoms with Gasteiger partial charge in [0.2, 0.25) is 0 Å². The Morgan fingerprint density at radius 3 is 1.96 bits per heavy atom. The molecular formula is C24H46BN. The summed E-state index contributed by atoms with van der Waals surface area (Å²) in [7, 11) is 6.30. The van der Waals surface area contributed by atoms with Gasteiger partial charge in [-0.05, 0) is 61.4 Å². The zero-order valence-electron chi connectivity index (χ0n) is 18.4. The Balaban J connectivity index is 1.86. The molecule has 26 heavy (non-hydrogen) atoms. The van der Waals surface area contributed by atoms with Gasteiger partial charge in [0.05, 0.1) is 0 Å². The van der Waals surface area contributed by atoms with Crippen LogP contribution in [0.2, 0.25) is 0 Å². The van der Waals surface area contributed by atoms with Crippen molar-refractivity contribution in [3.8, 4) is 0 Å². The maximum Gasteiger partial charge on any atom is 0.182 e. The highest BCUT2D eigenvalue weighted by Crippen LogP contribution is 2.59. The van der Waals surface area contributed by atoms with E-state index in [-0.39, 0.29) is 0 Å². The van der Waals surface area contributed by atoms with Crippen LogP contribution in [0.25, 0.3) is 0 Å². The maximum absolute atomic E-state index is 6.30. The third-order valence-corrected chi connectivity index (χ3v) is 7.97. The number of rotatable bonds is 12. The second-order valence-electron chi connectivity index (χ2n) is 9.85. The average Bonchev–Trinajstić information content (AvgIpc) is 2.59. The van der Waals surface area contributed by atoms with Gasteiger partial charge in [-0.25, -0.2) is 0 Å². The highest BCUT2D eigenvalue weighted by atomic mass is 15.1. The van der Waals surface area contributed by atoms with E-state index in [0.29, 0.717) is 11.5 Å². The Morgan fingerprint density at radius 1 is 0.885 bits per heavy atom. The van der Waals surface area contributed by atoms with Crippen molar-refractivity contribution in [2.24, 2.45) is 23.2 Å². The molecule has 150 valence electrons. The van der Waals surface area contributed by atoms with E-state index in [2.05, 4.69) is 32.5 Å². The molecule has 1 aliphatic heterocycles. The molecular weight excluding hydrogens is 313 g/mol. The monoisotopic (exact) mass is 359 g/mol. The zero-order chi connectivity index (χ0) is 19.0. The summed E-state index contributed by atoms with van der Waals surface area (Å²) in [6.07, 6.45) is 20.0. The molecule has 0 amide bonds. The van der Waals surface area contributed by atoms with Gasteiger partial charge in [0.15, 0.2) is 7.98 Å². The maximum atomic E-state index is 6.30. The van der Waals surface area contributed by atoms with Crippen LogP contribution in [0, 0.1) is 23.2 Å². The minimum absolute atomic E-state index is 0.625. The molecule has 2 atom stereocenters. The largest absolute Gasteiger partial charge is 0.351 e. The van der Waals surface area contributed by atoms with Crippen molar-refractivity contribution in [1.82, 2.24) is 4.81 Å². The fourth-order valence-corrected chi connectivity index (χ4v) is 5.99. The highest BCUT2D eigenvalue weighted by molar-refractivity contribution is 6.04. The van der Waals surface area contributed by atoms with E-state index in [1.54, 1.807) is 0 Å². The first kappa shape index (κ1) is 22.3. The molecule has 2 heteroatoms. The van der Waals surface area contributed by atoms with Crippen LogP contribution in [0.5, 0.6) is 0 Å². The average molecular weight is 359 g/mol. The minimum Gasteiger partial charge on any atom is -0.351 e. The Kier molecular flexibility index (Phi) is 9.55. The van der Waals surface area contributed by atoms with Crippen LogP contribution in [-0.2, 0) is 0 Å². The van der Waals surface area contributed by atoms with Crippen LogP contribution in [0.15, 0.2) is 0 Å². The van der Waals surface area contributed by atoms with Gasteiger partial charge < -0.3 is 4.81 Å². The van der Waals surface area contributed by atoms with Gasteiger partial charge in [0, 0.05) is 0 Å². The van der Waals surface area contributed by atoms with Gasteiger partial charge in [-0.15, -0.1) is 0 Å². The van der Waals surface area contributed by atoms with Crippen molar-refractivity contribution >= 4 is 7.98 Å². The molecule has 1 saturated heterocycles. The minimum atomic E-state index is 0.625. The Hall–Kier alpha value is 0.0249. The molecule has 1 saturated carbocycles. The van der Waals surface area contributed by atoms with Crippen LogP contribution in [0.1, 0.15) is 118 Å². The lowest BCUT2D eigenvalue weighted by Gasteiger charge is -2.60. The van der Waals surface area contributed by atoms with Crippen molar-refractivity contribution < 1.29 is 0 Å². The van der Waals surface area contributed by atoms with E-state index in [4.69, 9.17) is 7.98 Å². The Bertz CT molecular complexity index is 364. The quantitative estimate of drug-likeness (QED) is 0.264. The lowest BCUT2D eigenvalue weighted by Crippen LogP contribution is -2.56. The van der Waals surface area contributed by atoms with Crippen LogP contribution in [0.4, 0.5) is 0 Å². The van der Waals surface area contributed by atoms with E-state index in [1.165, 1.54) is 89.9 Å². The van der Waals surface area contributed by atoms with Crippen LogP contribution >= 0.6 is 0 Å². The Morgan fingerprint density at radius 2 is 1.46 bits per heavy atom. The second kappa shape index (κ2) is 11.1. The van der Waals surface area contributed by atoms with E-state index >= 15 is 0 Å². The lowest BCUT2D eigenvalue weighted by atomic mass is 9.49. The fraction of sp³-hybridized carbons (Fsp3) is 1.00. The number of unbranched alkanes of at least 4 members (excludes halogenated alkanes) is 6. The van der Waals surface area contributed by atoms with Crippen molar-refractivity contribution in [3.63, 3.8) is 0 Å². The molecule has 0 bridgehead atoms. The fourth-order valence-electron chi connectivity index (χ4n) is 5.99. The number of nitrogens with zero attached hydrogens (tertiary/aromatic N) is 1. The first-order valence-corrected chi connectivity index (χ1v) is 12.1. The van der Waals surface area contributed by atoms with E-state index in [9.17, 15) is 0 Å². The summed E-state index contributed by atoms with van der Waals surface area (Å²) < 4.78 is 0. The third kappa shape index (κ3) is 5.76. The molecule has 0 aromatic heterocycles. The number of hydrogen-bond acceptors (Lipinski definition) is 1. The molecule has 2 rings (SSSR count). The van der Waals surface area contributed by atoms with Gasteiger partial charge in [-0.1, -0.05) is 91.9 Å². The summed E-state index contributed by atoms with van der Waals surface area (Å²) in [5.74, 6) is 2.81. The molecule has 0 aromatic carbocycles. The van der Waals surface area contributed by atoms with Gasteiger partial charge >= 0.3 is 0 Å². The highest BCUT2D eigenvalue weighted by Gasteiger charge is 2.52. The van der Waals surface area contributed by atoms with Crippen molar-refractivity contribution in [1.29, 1.82) is 0 Å². The summed E-state index contributed by atoms with van der Waals surface area (Å²) in [5, 5.41) is 0. The third-order valence-electron chi connectivity index (χ3n) is 7.97. The molecule has 1 heterocycles. The van der Waals surface area contributed by atoms with E-state index in [1.807, 2.05) is 0 Å². The van der Waals surface area contributed by atoms with Crippen molar-refractivity contribution in [2.45, 2.75) is 124 Å². The SMILES string of the molecule is [B]N1CC(C)C2(CC(C(CCCCCC)CCCCCC)C2)CC1CC. The topological polar surface area (TPSA) is 3.24 Å². The van der Waals surface area contributed by atoms with Crippen LogP contribution in [-0.4, -0.2) is 25.4 Å². The first-order chi connectivity index (χ1) is 12.6. The first-order valence-electron chi connectivity index (χ1n) is 12.1. The van der Waals surface area contributed by atoms with Gasteiger partial charge in [-0.2, -0.15) is 0 Å². The summed E-state index contributed by atoms with van der Waals surface area (Å²) in [4.78, 5) is 2.15. The molecule has 0 aromatic rings. The predicted molar refractivity (Wildman–Crippen MR) is 116 cm³/mol. The number of hydrogen-bond donors (Lipinski definition) is 0. The van der Waals surface area contributed by atoms with E-state index < -0.39 is 0 Å². The standard InChI is InChI=1S/C24H46BN/c1-5-8-10-12-14-21(15-13-11-9-6-2)22-16-24(17-22)18-23(7-3)26(25)19-20(24)4/h20-23H,5-19H2,1-4H3. The normalized spacial score (nSPS) is 32.3. The predicted octanol–water partition coefficient (Wildman–Crippen LogP) is 7.14. The van der Waals surface area contributed by atoms with Crippen molar-refractivity contribution in [2.75, 3.05) is 6.54 Å². The molecule has 1 aliphatic carbocycles. The van der Waals surface area contributed by atoms with Crippen LogP contribution in [0.3, 0.4) is 0 Å². The van der Waals surface area contributed by atoms with E-state index in [0.717, 1.165) is 24.3 Å². The second-order valence-corrected chi connectivity index (χ2v) is 9.85. The summed E-state index contributed by atoms with van der Waals surface area (Å²) in [6.45, 7) is 10.6. The van der Waals surface area contributed by atoms with Gasteiger partial charge in [0.25, 0.3) is 0 Å². The molecule has 0 N–H and O–H groups in total. The van der Waals surface area contributed by atoms with Gasteiger partial charge in [0.1, 0.15) is 0 Å². The molecule has 1 nitrogen and oxygen atoms in total. The van der Waals surface area contributed by atoms with Crippen LogP contribution < -0.4 is 0 Å². The molecule has 2 radical (unpaired) electrons. The number of piperidine rings is 1. The lowest BCUT2D eigenvalue weighted by molar-refractivity contribution is -0.0847. The summed E-state index contributed by atoms with van der Waals surface area (Å²) >= 11 is 0. The Labute approximate surface area is 166 Å². The van der Waals surface area contributed by atoms with Gasteiger partial charge in [-0.3, -0.25) is 0 Å². The zero-order valence-corrected chi connectivity index (χ0v) is 18.4. The summed E-state index contributed by atoms with van der Waals surface area (Å²) in [6, 6.07) is 0.625. The molecule has 2 aliphatic rings. The molecule has 2 unspecified atom stereocenters. The smallest absolute Gasteiger partial charge is 0.182 e. The molecule has 2 fully saturated rings. The summed E-state index contributed by atoms with van der Waals surface area (Å²) in [5.41, 5.74) is 0.631. The molecule has 1 spiro atoms.